The molecule has 1 aliphatic heterocycles. The second-order valence-electron chi connectivity index (χ2n) is 5.55. The maximum atomic E-state index is 11.1. The van der Waals surface area contributed by atoms with E-state index in [1.54, 1.807) is 32.1 Å². The molecule has 0 spiro atoms. The molecule has 0 aromatic carbocycles. The molecular formula is C16H25NO7. The van der Waals surface area contributed by atoms with Crippen molar-refractivity contribution in [3.05, 3.63) is 36.5 Å². The van der Waals surface area contributed by atoms with Crippen LogP contribution in [0.5, 0.6) is 0 Å². The number of nitrogens with two attached hydrogens (primary N) is 1. The van der Waals surface area contributed by atoms with Crippen molar-refractivity contribution in [2.24, 2.45) is 5.73 Å². The molecular weight excluding hydrogens is 318 g/mol. The zero-order valence-corrected chi connectivity index (χ0v) is 13.6. The molecule has 1 saturated heterocycles. The Labute approximate surface area is 140 Å². The average molecular weight is 343 g/mol. The van der Waals surface area contributed by atoms with Crippen LogP contribution in [0.25, 0.3) is 0 Å². The Morgan fingerprint density at radius 3 is 2.38 bits per heavy atom. The third kappa shape index (κ3) is 4.73. The fraction of sp³-hybridized carbons (Fsp3) is 0.562. The molecule has 1 aliphatic rings. The van der Waals surface area contributed by atoms with Crippen LogP contribution in [0.2, 0.25) is 0 Å². The van der Waals surface area contributed by atoms with Crippen LogP contribution in [0, 0.1) is 0 Å². The van der Waals surface area contributed by atoms with Crippen LogP contribution in [-0.4, -0.2) is 69.2 Å². The van der Waals surface area contributed by atoms with Gasteiger partial charge in [-0.1, -0.05) is 30.9 Å². The first-order valence-electron chi connectivity index (χ1n) is 7.53. The summed E-state index contributed by atoms with van der Waals surface area (Å²) in [5.41, 5.74) is 6.55. The number of rotatable bonds is 7. The summed E-state index contributed by atoms with van der Waals surface area (Å²) in [5, 5.41) is 38.6. The van der Waals surface area contributed by atoms with Crippen LogP contribution >= 0.6 is 0 Å². The number of hydrogen-bond donors (Lipinski definition) is 5. The molecule has 0 amide bonds. The molecule has 0 bridgehead atoms. The van der Waals surface area contributed by atoms with E-state index in [0.29, 0.717) is 5.57 Å². The molecule has 1 rings (SSSR count). The third-order valence-electron chi connectivity index (χ3n) is 3.57. The lowest BCUT2D eigenvalue weighted by molar-refractivity contribution is -0.302. The van der Waals surface area contributed by atoms with Gasteiger partial charge in [0, 0.05) is 6.04 Å². The van der Waals surface area contributed by atoms with Gasteiger partial charge in [-0.3, -0.25) is 0 Å². The van der Waals surface area contributed by atoms with E-state index in [1.165, 1.54) is 6.08 Å². The number of hydrogen-bond acceptors (Lipinski definition) is 7. The van der Waals surface area contributed by atoms with Crippen molar-refractivity contribution in [2.75, 3.05) is 0 Å². The number of carboxylic acids is 1. The molecule has 0 radical (unpaired) electrons. The van der Waals surface area contributed by atoms with Crippen LogP contribution in [-0.2, 0) is 14.3 Å². The highest BCUT2D eigenvalue weighted by Gasteiger charge is 2.48. The highest BCUT2D eigenvalue weighted by molar-refractivity contribution is 5.73. The van der Waals surface area contributed by atoms with Crippen LogP contribution < -0.4 is 5.73 Å². The average Bonchev–Trinajstić information content (AvgIpc) is 2.51. The third-order valence-corrected chi connectivity index (χ3v) is 3.57. The SMILES string of the molecule is C=C/C=C(\C=C/C)C(OC1OC(C(=O)O)C(O)C(O)C1O)C(C)N. The van der Waals surface area contributed by atoms with E-state index in [4.69, 9.17) is 20.3 Å². The summed E-state index contributed by atoms with van der Waals surface area (Å²) >= 11 is 0. The Kier molecular flexibility index (Phi) is 7.74. The lowest BCUT2D eigenvalue weighted by Crippen LogP contribution is -2.61. The Bertz CT molecular complexity index is 503. The molecule has 7 unspecified atom stereocenters. The highest BCUT2D eigenvalue weighted by atomic mass is 16.7. The Morgan fingerprint density at radius 1 is 1.29 bits per heavy atom. The van der Waals surface area contributed by atoms with E-state index in [-0.39, 0.29) is 0 Å². The molecule has 6 N–H and O–H groups in total. The van der Waals surface area contributed by atoms with Gasteiger partial charge in [-0.15, -0.1) is 0 Å². The molecule has 136 valence electrons. The van der Waals surface area contributed by atoms with Gasteiger partial charge in [0.1, 0.15) is 24.4 Å². The second kappa shape index (κ2) is 9.07. The monoisotopic (exact) mass is 343 g/mol. The lowest BCUT2D eigenvalue weighted by atomic mass is 9.98. The van der Waals surface area contributed by atoms with Crippen molar-refractivity contribution in [1.82, 2.24) is 0 Å². The Hall–Kier alpha value is -1.55. The van der Waals surface area contributed by atoms with Gasteiger partial charge in [0.15, 0.2) is 12.4 Å². The first kappa shape index (κ1) is 20.5. The lowest BCUT2D eigenvalue weighted by Gasteiger charge is -2.40. The minimum atomic E-state index is -1.77. The molecule has 8 heteroatoms. The molecule has 0 saturated carbocycles. The summed E-state index contributed by atoms with van der Waals surface area (Å²) in [4.78, 5) is 11.1. The molecule has 1 heterocycles. The van der Waals surface area contributed by atoms with Crippen molar-refractivity contribution in [3.8, 4) is 0 Å². The van der Waals surface area contributed by atoms with Crippen LogP contribution in [0.1, 0.15) is 13.8 Å². The van der Waals surface area contributed by atoms with Gasteiger partial charge in [-0.25, -0.2) is 4.79 Å². The predicted octanol–water partition coefficient (Wildman–Crippen LogP) is -0.700. The van der Waals surface area contributed by atoms with Crippen molar-refractivity contribution >= 4 is 5.97 Å². The number of carbonyl (C=O) groups is 1. The summed E-state index contributed by atoms with van der Waals surface area (Å²) in [6, 6.07) is -0.532. The maximum Gasteiger partial charge on any atom is 0.335 e. The predicted molar refractivity (Wildman–Crippen MR) is 85.9 cm³/mol. The molecule has 1 fully saturated rings. The molecule has 8 nitrogen and oxygen atoms in total. The highest BCUT2D eigenvalue weighted by Crippen LogP contribution is 2.25. The molecule has 0 aromatic rings. The number of carboxylic acid groups (broad SMARTS) is 1. The maximum absolute atomic E-state index is 11.1. The first-order chi connectivity index (χ1) is 11.2. The summed E-state index contributed by atoms with van der Waals surface area (Å²) < 4.78 is 10.7. The molecule has 7 atom stereocenters. The van der Waals surface area contributed by atoms with Gasteiger partial charge in [0.2, 0.25) is 0 Å². The molecule has 0 aliphatic carbocycles. The fourth-order valence-electron chi connectivity index (χ4n) is 2.39. The van der Waals surface area contributed by atoms with Gasteiger partial charge < -0.3 is 35.6 Å². The van der Waals surface area contributed by atoms with E-state index in [1.807, 2.05) is 0 Å². The number of aliphatic hydroxyl groups is 3. The van der Waals surface area contributed by atoms with Crippen LogP contribution in [0.3, 0.4) is 0 Å². The minimum absolute atomic E-state index is 0.532. The number of aliphatic carboxylic acids is 1. The minimum Gasteiger partial charge on any atom is -0.479 e. The summed E-state index contributed by atoms with van der Waals surface area (Å²) in [5.74, 6) is -1.48. The van der Waals surface area contributed by atoms with E-state index < -0.39 is 48.8 Å². The normalized spacial score (nSPS) is 34.1. The second-order valence-corrected chi connectivity index (χ2v) is 5.55. The molecule has 0 aromatic heterocycles. The standard InChI is InChI=1S/C16H25NO7/c1-4-6-9(7-5-2)13(8(3)17)23-16-12(20)10(18)11(19)14(24-16)15(21)22/h4-8,10-14,16,18-20H,1,17H2,2-3H3,(H,21,22)/b7-5-,9-6+. The van der Waals surface area contributed by atoms with Crippen LogP contribution in [0.4, 0.5) is 0 Å². The van der Waals surface area contributed by atoms with E-state index in [0.717, 1.165) is 0 Å². The summed E-state index contributed by atoms with van der Waals surface area (Å²) in [6.45, 7) is 7.07. The zero-order valence-electron chi connectivity index (χ0n) is 13.6. The molecule has 24 heavy (non-hydrogen) atoms. The van der Waals surface area contributed by atoms with Crippen molar-refractivity contribution in [2.45, 2.75) is 56.7 Å². The van der Waals surface area contributed by atoms with Crippen LogP contribution in [0.15, 0.2) is 36.5 Å². The summed E-state index contributed by atoms with van der Waals surface area (Å²) in [6.07, 6.45) is -2.42. The number of ether oxygens (including phenoxy) is 2. The fourth-order valence-corrected chi connectivity index (χ4v) is 2.39. The van der Waals surface area contributed by atoms with Gasteiger partial charge in [-0.2, -0.15) is 0 Å². The van der Waals surface area contributed by atoms with E-state index >= 15 is 0 Å². The first-order valence-corrected chi connectivity index (χ1v) is 7.53. The van der Waals surface area contributed by atoms with Gasteiger partial charge in [-0.05, 0) is 19.4 Å². The van der Waals surface area contributed by atoms with E-state index in [2.05, 4.69) is 6.58 Å². The van der Waals surface area contributed by atoms with Gasteiger partial charge in [0.25, 0.3) is 0 Å². The van der Waals surface area contributed by atoms with Crippen molar-refractivity contribution in [3.63, 3.8) is 0 Å². The Balaban J connectivity index is 3.06. The van der Waals surface area contributed by atoms with Crippen molar-refractivity contribution in [1.29, 1.82) is 0 Å². The Morgan fingerprint density at radius 2 is 1.92 bits per heavy atom. The van der Waals surface area contributed by atoms with Gasteiger partial charge in [0.05, 0.1) is 0 Å². The summed E-state index contributed by atoms with van der Waals surface area (Å²) in [7, 11) is 0. The number of aliphatic hydroxyl groups excluding tert-OH is 3. The quantitative estimate of drug-likeness (QED) is 0.382. The van der Waals surface area contributed by atoms with Gasteiger partial charge >= 0.3 is 5.97 Å². The zero-order chi connectivity index (χ0) is 18.4. The number of allylic oxidation sites excluding steroid dienone is 3. The smallest absolute Gasteiger partial charge is 0.335 e. The van der Waals surface area contributed by atoms with Crippen molar-refractivity contribution < 1.29 is 34.7 Å². The van der Waals surface area contributed by atoms with E-state index in [9.17, 15) is 20.1 Å². The largest absolute Gasteiger partial charge is 0.479 e. The topological polar surface area (TPSA) is 142 Å².